The molecular formula is C8H18N2O2S. The molecule has 5 heteroatoms. The van der Waals surface area contributed by atoms with Gasteiger partial charge in [0.25, 0.3) is 0 Å². The number of nitrogens with zero attached hydrogens (tertiary/aromatic N) is 2. The summed E-state index contributed by atoms with van der Waals surface area (Å²) in [5.41, 5.74) is -0.0542. The lowest BCUT2D eigenvalue weighted by Gasteiger charge is -2.44. The van der Waals surface area contributed by atoms with E-state index in [4.69, 9.17) is 0 Å². The molecule has 0 N–H and O–H groups in total. The SMILES string of the molecule is CN1CCN(S(C)(=O)=O)CC1(C)C. The third-order valence-corrected chi connectivity index (χ3v) is 4.00. The largest absolute Gasteiger partial charge is 0.299 e. The highest BCUT2D eigenvalue weighted by atomic mass is 32.2. The molecule has 1 saturated heterocycles. The highest BCUT2D eigenvalue weighted by molar-refractivity contribution is 7.88. The Hall–Kier alpha value is -0.130. The van der Waals surface area contributed by atoms with Crippen molar-refractivity contribution in [3.05, 3.63) is 0 Å². The van der Waals surface area contributed by atoms with Gasteiger partial charge in [0.1, 0.15) is 0 Å². The van der Waals surface area contributed by atoms with Crippen molar-refractivity contribution in [3.8, 4) is 0 Å². The zero-order valence-corrected chi connectivity index (χ0v) is 9.56. The van der Waals surface area contributed by atoms with Crippen LogP contribution in [0.15, 0.2) is 0 Å². The summed E-state index contributed by atoms with van der Waals surface area (Å²) in [6.07, 6.45) is 1.27. The second kappa shape index (κ2) is 3.22. The first-order valence-electron chi connectivity index (χ1n) is 4.40. The lowest BCUT2D eigenvalue weighted by atomic mass is 10.0. The molecule has 0 saturated carbocycles. The summed E-state index contributed by atoms with van der Waals surface area (Å²) in [7, 11) is -0.986. The Morgan fingerprint density at radius 2 is 1.77 bits per heavy atom. The quantitative estimate of drug-likeness (QED) is 0.605. The van der Waals surface area contributed by atoms with Gasteiger partial charge in [0, 0.05) is 25.2 Å². The van der Waals surface area contributed by atoms with E-state index >= 15 is 0 Å². The summed E-state index contributed by atoms with van der Waals surface area (Å²) in [4.78, 5) is 2.19. The molecule has 0 aromatic heterocycles. The van der Waals surface area contributed by atoms with Gasteiger partial charge in [-0.1, -0.05) is 0 Å². The van der Waals surface area contributed by atoms with Crippen molar-refractivity contribution in [1.82, 2.24) is 9.21 Å². The van der Waals surface area contributed by atoms with Crippen molar-refractivity contribution in [2.75, 3.05) is 32.9 Å². The van der Waals surface area contributed by atoms with E-state index in [1.807, 2.05) is 7.05 Å². The third-order valence-electron chi connectivity index (χ3n) is 2.75. The molecule has 0 atom stereocenters. The van der Waals surface area contributed by atoms with Crippen LogP contribution in [0.2, 0.25) is 0 Å². The van der Waals surface area contributed by atoms with Crippen LogP contribution >= 0.6 is 0 Å². The lowest BCUT2D eigenvalue weighted by Crippen LogP contribution is -2.58. The number of hydrogen-bond donors (Lipinski definition) is 0. The highest BCUT2D eigenvalue weighted by Crippen LogP contribution is 2.20. The van der Waals surface area contributed by atoms with Crippen LogP contribution in [0.4, 0.5) is 0 Å². The molecule has 0 unspecified atom stereocenters. The van der Waals surface area contributed by atoms with Crippen LogP contribution in [0, 0.1) is 0 Å². The van der Waals surface area contributed by atoms with Crippen molar-refractivity contribution in [2.45, 2.75) is 19.4 Å². The number of likely N-dealkylation sites (N-methyl/N-ethyl adjacent to an activating group) is 1. The topological polar surface area (TPSA) is 40.6 Å². The first-order chi connectivity index (χ1) is 5.73. The average Bonchev–Trinajstić information content (AvgIpc) is 1.92. The number of rotatable bonds is 1. The summed E-state index contributed by atoms with van der Waals surface area (Å²) < 4.78 is 24.1. The second-order valence-corrected chi connectivity index (χ2v) is 6.31. The molecule has 0 aromatic carbocycles. The summed E-state index contributed by atoms with van der Waals surface area (Å²) in [6, 6.07) is 0. The molecule has 0 aliphatic carbocycles. The minimum Gasteiger partial charge on any atom is -0.299 e. The molecule has 13 heavy (non-hydrogen) atoms. The van der Waals surface area contributed by atoms with Crippen LogP contribution in [0.25, 0.3) is 0 Å². The smallest absolute Gasteiger partial charge is 0.211 e. The first kappa shape index (κ1) is 10.9. The van der Waals surface area contributed by atoms with Crippen molar-refractivity contribution in [2.24, 2.45) is 0 Å². The third kappa shape index (κ3) is 2.42. The van der Waals surface area contributed by atoms with Gasteiger partial charge in [-0.2, -0.15) is 4.31 Å². The van der Waals surface area contributed by atoms with E-state index < -0.39 is 10.0 Å². The van der Waals surface area contributed by atoms with E-state index in [-0.39, 0.29) is 5.54 Å². The molecule has 0 radical (unpaired) electrons. The summed E-state index contributed by atoms with van der Waals surface area (Å²) in [6.45, 7) is 6.12. The van der Waals surface area contributed by atoms with E-state index in [2.05, 4.69) is 18.7 Å². The van der Waals surface area contributed by atoms with Gasteiger partial charge in [-0.3, -0.25) is 4.90 Å². The van der Waals surface area contributed by atoms with Crippen molar-refractivity contribution >= 4 is 10.0 Å². The first-order valence-corrected chi connectivity index (χ1v) is 6.25. The molecular weight excluding hydrogens is 188 g/mol. The van der Waals surface area contributed by atoms with Crippen LogP contribution < -0.4 is 0 Å². The van der Waals surface area contributed by atoms with E-state index in [9.17, 15) is 8.42 Å². The Balaban J connectivity index is 2.78. The van der Waals surface area contributed by atoms with Gasteiger partial charge < -0.3 is 0 Å². The van der Waals surface area contributed by atoms with Gasteiger partial charge in [0.05, 0.1) is 6.26 Å². The molecule has 0 aromatic rings. The maximum Gasteiger partial charge on any atom is 0.211 e. The average molecular weight is 206 g/mol. The van der Waals surface area contributed by atoms with Gasteiger partial charge in [-0.25, -0.2) is 8.42 Å². The molecule has 1 aliphatic heterocycles. The van der Waals surface area contributed by atoms with E-state index in [1.165, 1.54) is 6.26 Å². The number of piperazine rings is 1. The maximum absolute atomic E-state index is 11.3. The summed E-state index contributed by atoms with van der Waals surface area (Å²) in [5.74, 6) is 0. The molecule has 0 amide bonds. The van der Waals surface area contributed by atoms with Gasteiger partial charge in [0.2, 0.25) is 10.0 Å². The zero-order valence-electron chi connectivity index (χ0n) is 8.74. The van der Waals surface area contributed by atoms with Crippen molar-refractivity contribution in [1.29, 1.82) is 0 Å². The van der Waals surface area contributed by atoms with Crippen molar-refractivity contribution in [3.63, 3.8) is 0 Å². The Kier molecular flexibility index (Phi) is 2.71. The molecule has 0 spiro atoms. The molecule has 4 nitrogen and oxygen atoms in total. The highest BCUT2D eigenvalue weighted by Gasteiger charge is 2.34. The number of hydrogen-bond acceptors (Lipinski definition) is 3. The maximum atomic E-state index is 11.3. The Bertz CT molecular complexity index is 285. The number of sulfonamides is 1. The minimum atomic E-state index is -3.01. The Labute approximate surface area is 80.6 Å². The second-order valence-electron chi connectivity index (χ2n) is 4.33. The molecule has 78 valence electrons. The fourth-order valence-corrected chi connectivity index (χ4v) is 2.44. The monoisotopic (exact) mass is 206 g/mol. The van der Waals surface area contributed by atoms with Gasteiger partial charge in [0.15, 0.2) is 0 Å². The van der Waals surface area contributed by atoms with Crippen LogP contribution in [-0.2, 0) is 10.0 Å². The van der Waals surface area contributed by atoms with Gasteiger partial charge in [-0.15, -0.1) is 0 Å². The standard InChI is InChI=1S/C8H18N2O2S/c1-8(2)7-10(13(4,11)12)6-5-9(8)3/h5-7H2,1-4H3. The zero-order chi connectivity index (χ0) is 10.3. The van der Waals surface area contributed by atoms with Crippen LogP contribution in [0.5, 0.6) is 0 Å². The van der Waals surface area contributed by atoms with Crippen LogP contribution in [0.1, 0.15) is 13.8 Å². The van der Waals surface area contributed by atoms with Crippen LogP contribution in [0.3, 0.4) is 0 Å². The predicted octanol–water partition coefficient (Wildman–Crippen LogP) is -0.0280. The van der Waals surface area contributed by atoms with Gasteiger partial charge in [-0.05, 0) is 20.9 Å². The lowest BCUT2D eigenvalue weighted by molar-refractivity contribution is 0.0805. The Morgan fingerprint density at radius 3 is 2.15 bits per heavy atom. The molecule has 1 rings (SSSR count). The fraction of sp³-hybridized carbons (Fsp3) is 1.00. The summed E-state index contributed by atoms with van der Waals surface area (Å²) in [5, 5.41) is 0. The van der Waals surface area contributed by atoms with Gasteiger partial charge >= 0.3 is 0 Å². The van der Waals surface area contributed by atoms with Crippen LogP contribution in [-0.4, -0.2) is 56.1 Å². The van der Waals surface area contributed by atoms with Crippen molar-refractivity contribution < 1.29 is 8.42 Å². The van der Waals surface area contributed by atoms with E-state index in [0.717, 1.165) is 6.54 Å². The summed E-state index contributed by atoms with van der Waals surface area (Å²) >= 11 is 0. The minimum absolute atomic E-state index is 0.0542. The van der Waals surface area contributed by atoms with E-state index in [1.54, 1.807) is 4.31 Å². The molecule has 1 fully saturated rings. The molecule has 0 bridgehead atoms. The molecule has 1 heterocycles. The molecule has 1 aliphatic rings. The van der Waals surface area contributed by atoms with E-state index in [0.29, 0.717) is 13.1 Å². The fourth-order valence-electron chi connectivity index (χ4n) is 1.48. The Morgan fingerprint density at radius 1 is 1.23 bits per heavy atom. The predicted molar refractivity (Wildman–Crippen MR) is 53.1 cm³/mol. The normalized spacial score (nSPS) is 26.2.